The minimum absolute atomic E-state index is 1.02. The van der Waals surface area contributed by atoms with Gasteiger partial charge in [-0.05, 0) is 37.8 Å². The van der Waals surface area contributed by atoms with Crippen LogP contribution >= 0.6 is 0 Å². The van der Waals surface area contributed by atoms with Gasteiger partial charge in [0, 0.05) is 17.2 Å². The number of aromatic nitrogens is 1. The summed E-state index contributed by atoms with van der Waals surface area (Å²) >= 11 is 0. The van der Waals surface area contributed by atoms with Crippen molar-refractivity contribution in [3.8, 4) is 0 Å². The fraction of sp³-hybridized carbons (Fsp3) is 0.167. The van der Waals surface area contributed by atoms with Crippen LogP contribution in [0.2, 0.25) is 0 Å². The Bertz CT molecular complexity index is 670. The number of rotatable bonds is 3. The van der Waals surface area contributed by atoms with Crippen molar-refractivity contribution in [2.45, 2.75) is 20.8 Å². The van der Waals surface area contributed by atoms with Crippen LogP contribution in [0.5, 0.6) is 0 Å². The molecule has 0 amide bonds. The highest BCUT2D eigenvalue weighted by Gasteiger charge is 2.09. The van der Waals surface area contributed by atoms with Crippen LogP contribution in [-0.2, 0) is 0 Å². The summed E-state index contributed by atoms with van der Waals surface area (Å²) in [5, 5.41) is 2.39. The van der Waals surface area contributed by atoms with Gasteiger partial charge in [-0.2, -0.15) is 0 Å². The summed E-state index contributed by atoms with van der Waals surface area (Å²) in [6.07, 6.45) is 6.08. The first kappa shape index (κ1) is 13.3. The molecular formula is C18H19N. The summed E-state index contributed by atoms with van der Waals surface area (Å²) in [6.45, 7) is 10.2. The predicted octanol–water partition coefficient (Wildman–Crippen LogP) is 5.16. The number of benzene rings is 1. The van der Waals surface area contributed by atoms with Gasteiger partial charge in [-0.15, -0.1) is 0 Å². The molecule has 1 nitrogen and oxygen atoms in total. The van der Waals surface area contributed by atoms with Crippen LogP contribution in [0.15, 0.2) is 66.4 Å². The third-order valence-corrected chi connectivity index (χ3v) is 3.18. The number of hydrogen-bond acceptors (Lipinski definition) is 1. The highest BCUT2D eigenvalue weighted by molar-refractivity contribution is 5.95. The molecule has 0 aliphatic carbocycles. The van der Waals surface area contributed by atoms with E-state index in [1.165, 1.54) is 16.3 Å². The molecule has 0 aliphatic heterocycles. The van der Waals surface area contributed by atoms with E-state index >= 15 is 0 Å². The molecular weight excluding hydrogens is 230 g/mol. The van der Waals surface area contributed by atoms with Crippen molar-refractivity contribution in [1.82, 2.24) is 4.98 Å². The maximum Gasteiger partial charge on any atom is 0.0782 e. The van der Waals surface area contributed by atoms with Crippen LogP contribution in [0.3, 0.4) is 0 Å². The molecule has 0 spiro atoms. The Morgan fingerprint density at radius 1 is 1.16 bits per heavy atom. The Labute approximate surface area is 115 Å². The van der Waals surface area contributed by atoms with Crippen molar-refractivity contribution in [1.29, 1.82) is 0 Å². The van der Waals surface area contributed by atoms with Gasteiger partial charge in [0.15, 0.2) is 0 Å². The topological polar surface area (TPSA) is 12.9 Å². The van der Waals surface area contributed by atoms with Gasteiger partial charge in [-0.25, -0.2) is 0 Å². The standard InChI is InChI=1S/C18H19N/c1-5-14(4)17(12-13(2)3)18-16-9-7-6-8-15(16)10-11-19-18/h5-12H,2H2,1,3-4H3/b14-5-,17-12+. The Morgan fingerprint density at radius 3 is 2.58 bits per heavy atom. The molecule has 2 rings (SSSR count). The van der Waals surface area contributed by atoms with Crippen molar-refractivity contribution in [2.24, 2.45) is 0 Å². The Balaban J connectivity index is 2.73. The summed E-state index contributed by atoms with van der Waals surface area (Å²) in [6, 6.07) is 10.4. The minimum atomic E-state index is 1.02. The molecule has 0 atom stereocenters. The van der Waals surface area contributed by atoms with Crippen molar-refractivity contribution >= 4 is 16.3 Å². The molecule has 0 bridgehead atoms. The first-order chi connectivity index (χ1) is 9.13. The maximum atomic E-state index is 4.58. The third kappa shape index (κ3) is 2.82. The lowest BCUT2D eigenvalue weighted by molar-refractivity contribution is 1.29. The fourth-order valence-corrected chi connectivity index (χ4v) is 2.11. The smallest absolute Gasteiger partial charge is 0.0782 e. The number of allylic oxidation sites excluding steroid dienone is 5. The Kier molecular flexibility index (Phi) is 3.96. The largest absolute Gasteiger partial charge is 0.256 e. The monoisotopic (exact) mass is 249 g/mol. The lowest BCUT2D eigenvalue weighted by atomic mass is 9.97. The number of fused-ring (bicyclic) bond motifs is 1. The lowest BCUT2D eigenvalue weighted by Gasteiger charge is -2.11. The molecule has 0 saturated carbocycles. The molecule has 2 aromatic rings. The molecule has 96 valence electrons. The molecule has 1 heterocycles. The van der Waals surface area contributed by atoms with Crippen LogP contribution in [0, 0.1) is 0 Å². The molecule has 1 heteroatoms. The molecule has 0 aliphatic rings. The lowest BCUT2D eigenvalue weighted by Crippen LogP contribution is -1.93. The minimum Gasteiger partial charge on any atom is -0.256 e. The molecule has 1 aromatic carbocycles. The van der Waals surface area contributed by atoms with Gasteiger partial charge in [0.1, 0.15) is 0 Å². The summed E-state index contributed by atoms with van der Waals surface area (Å²) < 4.78 is 0. The van der Waals surface area contributed by atoms with E-state index in [1.807, 2.05) is 26.1 Å². The van der Waals surface area contributed by atoms with Gasteiger partial charge < -0.3 is 0 Å². The van der Waals surface area contributed by atoms with Crippen molar-refractivity contribution in [2.75, 3.05) is 0 Å². The zero-order valence-corrected chi connectivity index (χ0v) is 11.8. The second kappa shape index (κ2) is 5.66. The normalized spacial score (nSPS) is 12.8. The van der Waals surface area contributed by atoms with Crippen LogP contribution in [0.25, 0.3) is 16.3 Å². The van der Waals surface area contributed by atoms with E-state index in [0.717, 1.165) is 16.8 Å². The molecule has 0 radical (unpaired) electrons. The highest BCUT2D eigenvalue weighted by Crippen LogP contribution is 2.28. The third-order valence-electron chi connectivity index (χ3n) is 3.18. The van der Waals surface area contributed by atoms with E-state index in [9.17, 15) is 0 Å². The van der Waals surface area contributed by atoms with Gasteiger partial charge in [-0.1, -0.05) is 48.6 Å². The van der Waals surface area contributed by atoms with Crippen molar-refractivity contribution in [3.63, 3.8) is 0 Å². The predicted molar refractivity (Wildman–Crippen MR) is 84.0 cm³/mol. The van der Waals surface area contributed by atoms with Crippen molar-refractivity contribution in [3.05, 3.63) is 72.1 Å². The zero-order chi connectivity index (χ0) is 13.8. The molecule has 19 heavy (non-hydrogen) atoms. The Hall–Kier alpha value is -2.15. The summed E-state index contributed by atoms with van der Waals surface area (Å²) in [7, 11) is 0. The quantitative estimate of drug-likeness (QED) is 0.685. The first-order valence-electron chi connectivity index (χ1n) is 6.48. The van der Waals surface area contributed by atoms with Gasteiger partial charge >= 0.3 is 0 Å². The van der Waals surface area contributed by atoms with E-state index in [-0.39, 0.29) is 0 Å². The van der Waals surface area contributed by atoms with Crippen LogP contribution in [-0.4, -0.2) is 4.98 Å². The number of hydrogen-bond donors (Lipinski definition) is 0. The molecule has 0 unspecified atom stereocenters. The summed E-state index contributed by atoms with van der Waals surface area (Å²) in [4.78, 5) is 4.58. The highest BCUT2D eigenvalue weighted by atomic mass is 14.7. The van der Waals surface area contributed by atoms with Gasteiger partial charge in [-0.3, -0.25) is 4.98 Å². The molecule has 1 aromatic heterocycles. The second-order valence-corrected chi connectivity index (χ2v) is 4.76. The van der Waals surface area contributed by atoms with Crippen LogP contribution < -0.4 is 0 Å². The number of pyridine rings is 1. The van der Waals surface area contributed by atoms with E-state index < -0.39 is 0 Å². The van der Waals surface area contributed by atoms with Crippen LogP contribution in [0.1, 0.15) is 26.5 Å². The van der Waals surface area contributed by atoms with E-state index in [0.29, 0.717) is 0 Å². The van der Waals surface area contributed by atoms with Gasteiger partial charge in [0.05, 0.1) is 5.69 Å². The second-order valence-electron chi connectivity index (χ2n) is 4.76. The van der Waals surface area contributed by atoms with Gasteiger partial charge in [0.25, 0.3) is 0 Å². The van der Waals surface area contributed by atoms with E-state index in [1.54, 1.807) is 0 Å². The average molecular weight is 249 g/mol. The number of nitrogens with zero attached hydrogens (tertiary/aromatic N) is 1. The summed E-state index contributed by atoms with van der Waals surface area (Å²) in [5.74, 6) is 0. The first-order valence-corrected chi connectivity index (χ1v) is 6.48. The average Bonchev–Trinajstić information content (AvgIpc) is 2.43. The van der Waals surface area contributed by atoms with Gasteiger partial charge in [0.2, 0.25) is 0 Å². The van der Waals surface area contributed by atoms with Crippen LogP contribution in [0.4, 0.5) is 0 Å². The molecule has 0 fully saturated rings. The summed E-state index contributed by atoms with van der Waals surface area (Å²) in [5.41, 5.74) is 4.42. The SMILES string of the molecule is C=C(C)/C=C(\C(C)=C/C)c1nccc2ccccc12. The van der Waals surface area contributed by atoms with E-state index in [2.05, 4.69) is 54.9 Å². The molecule has 0 saturated heterocycles. The fourth-order valence-electron chi connectivity index (χ4n) is 2.11. The Morgan fingerprint density at radius 2 is 1.89 bits per heavy atom. The maximum absolute atomic E-state index is 4.58. The van der Waals surface area contributed by atoms with Crippen molar-refractivity contribution < 1.29 is 0 Å². The van der Waals surface area contributed by atoms with E-state index in [4.69, 9.17) is 0 Å². The molecule has 0 N–H and O–H groups in total. The zero-order valence-electron chi connectivity index (χ0n) is 11.8.